The molecule has 0 radical (unpaired) electrons. The first-order chi connectivity index (χ1) is 32.4. The van der Waals surface area contributed by atoms with Gasteiger partial charge in [-0.3, -0.25) is 0 Å². The van der Waals surface area contributed by atoms with Crippen molar-refractivity contribution in [2.24, 2.45) is 0 Å². The number of hydrogen-bond donors (Lipinski definition) is 0. The summed E-state index contributed by atoms with van der Waals surface area (Å²) in [6.07, 6.45) is 0. The van der Waals surface area contributed by atoms with Gasteiger partial charge in [-0.05, 0) is 91.5 Å². The zero-order valence-electron chi connectivity index (χ0n) is 36.4. The second-order valence-electron chi connectivity index (χ2n) is 17.9. The van der Waals surface area contributed by atoms with Crippen molar-refractivity contribution in [3.63, 3.8) is 0 Å². The van der Waals surface area contributed by atoms with Gasteiger partial charge in [0.2, 0.25) is 0 Å². The van der Waals surface area contributed by atoms with Crippen LogP contribution in [0.15, 0.2) is 212 Å². The average Bonchev–Trinajstić information content (AvgIpc) is 3.82. The Hall–Kier alpha value is -8.41. The van der Waals surface area contributed by atoms with E-state index in [0.717, 1.165) is 44.7 Å². The largest absolute Gasteiger partial charge is 0.449 e. The summed E-state index contributed by atoms with van der Waals surface area (Å²) in [4.78, 5) is 15.4. The van der Waals surface area contributed by atoms with E-state index < -0.39 is 5.41 Å². The van der Waals surface area contributed by atoms with E-state index in [9.17, 15) is 0 Å². The molecule has 2 heterocycles. The molecule has 1 aromatic heterocycles. The molecule has 0 unspecified atom stereocenters. The van der Waals surface area contributed by atoms with E-state index in [0.29, 0.717) is 34.7 Å². The van der Waals surface area contributed by atoms with Crippen molar-refractivity contribution in [2.75, 3.05) is 0 Å². The van der Waals surface area contributed by atoms with Crippen LogP contribution in [-0.2, 0) is 10.8 Å². The van der Waals surface area contributed by atoms with Crippen LogP contribution in [0.4, 0.5) is 0 Å². The third-order valence-corrected chi connectivity index (χ3v) is 13.9. The predicted molar refractivity (Wildman–Crippen MR) is 263 cm³/mol. The van der Waals surface area contributed by atoms with E-state index in [1.165, 1.54) is 44.5 Å². The summed E-state index contributed by atoms with van der Waals surface area (Å²) in [5.74, 6) is 4.60. The first kappa shape index (κ1) is 38.1. The van der Waals surface area contributed by atoms with Crippen LogP contribution in [0.2, 0.25) is 0 Å². The van der Waals surface area contributed by atoms with E-state index in [1.807, 2.05) is 36.4 Å². The fraction of sp³-hybridized carbons (Fsp3) is 0.0656. The third kappa shape index (κ3) is 5.69. The van der Waals surface area contributed by atoms with Crippen molar-refractivity contribution in [3.05, 3.63) is 246 Å². The van der Waals surface area contributed by atoms with Crippen molar-refractivity contribution in [1.29, 1.82) is 0 Å². The lowest BCUT2D eigenvalue weighted by molar-refractivity contribution is 0.360. The third-order valence-electron chi connectivity index (χ3n) is 13.9. The maximum Gasteiger partial charge on any atom is 0.178 e. The lowest BCUT2D eigenvalue weighted by Gasteiger charge is -2.34. The Balaban J connectivity index is 0.876. The molecular weight excluding hydrogens is 807 g/mol. The van der Waals surface area contributed by atoms with Gasteiger partial charge in [0.1, 0.15) is 0 Å². The molecule has 0 bridgehead atoms. The second-order valence-corrected chi connectivity index (χ2v) is 17.9. The average molecular weight is 848 g/mol. The summed E-state index contributed by atoms with van der Waals surface area (Å²) >= 11 is 0. The van der Waals surface area contributed by atoms with Crippen LogP contribution in [0.3, 0.4) is 0 Å². The smallest absolute Gasteiger partial charge is 0.178 e. The van der Waals surface area contributed by atoms with Gasteiger partial charge in [-0.15, -0.1) is 0 Å². The summed E-state index contributed by atoms with van der Waals surface area (Å²) in [5, 5.41) is 0. The Morgan fingerprint density at radius 2 is 0.864 bits per heavy atom. The summed E-state index contributed by atoms with van der Waals surface area (Å²) in [6, 6.07) is 74.6. The van der Waals surface area contributed by atoms with Gasteiger partial charge in [-0.2, -0.15) is 0 Å². The molecule has 0 saturated heterocycles. The van der Waals surface area contributed by atoms with E-state index in [-0.39, 0.29) is 5.41 Å². The Morgan fingerprint density at radius 3 is 1.59 bits per heavy atom. The van der Waals surface area contributed by atoms with Crippen LogP contribution in [0.25, 0.3) is 67.5 Å². The van der Waals surface area contributed by atoms with Crippen LogP contribution >= 0.6 is 0 Å². The molecule has 312 valence electrons. The Kier molecular flexibility index (Phi) is 8.40. The van der Waals surface area contributed by atoms with Gasteiger partial charge in [0, 0.05) is 27.7 Å². The minimum absolute atomic E-state index is 0.151. The number of ether oxygens (including phenoxy) is 2. The maximum absolute atomic E-state index is 6.94. The van der Waals surface area contributed by atoms with Crippen LogP contribution in [0.5, 0.6) is 23.0 Å². The second kappa shape index (κ2) is 14.6. The Morgan fingerprint density at radius 1 is 0.333 bits per heavy atom. The van der Waals surface area contributed by atoms with Crippen molar-refractivity contribution >= 4 is 0 Å². The highest BCUT2D eigenvalue weighted by atomic mass is 16.6. The molecule has 66 heavy (non-hydrogen) atoms. The predicted octanol–water partition coefficient (Wildman–Crippen LogP) is 15.1. The number of hydrogen-bond acceptors (Lipinski definition) is 5. The minimum Gasteiger partial charge on any atom is -0.449 e. The monoisotopic (exact) mass is 847 g/mol. The molecule has 0 amide bonds. The normalized spacial score (nSPS) is 14.1. The summed E-state index contributed by atoms with van der Waals surface area (Å²) in [7, 11) is 0. The first-order valence-corrected chi connectivity index (χ1v) is 22.5. The summed E-state index contributed by atoms with van der Waals surface area (Å²) < 4.78 is 13.8. The molecule has 0 N–H and O–H groups in total. The van der Waals surface area contributed by atoms with E-state index in [2.05, 4.69) is 190 Å². The number of benzene rings is 9. The van der Waals surface area contributed by atoms with Crippen molar-refractivity contribution in [3.8, 4) is 90.5 Å². The fourth-order valence-electron chi connectivity index (χ4n) is 10.8. The maximum atomic E-state index is 6.94. The van der Waals surface area contributed by atoms with Crippen molar-refractivity contribution in [2.45, 2.75) is 24.7 Å². The van der Waals surface area contributed by atoms with Crippen LogP contribution in [-0.4, -0.2) is 15.0 Å². The zero-order chi connectivity index (χ0) is 44.0. The van der Waals surface area contributed by atoms with Crippen LogP contribution in [0, 0.1) is 0 Å². The fourth-order valence-corrected chi connectivity index (χ4v) is 10.8. The number of fused-ring (bicyclic) bond motifs is 9. The first-order valence-electron chi connectivity index (χ1n) is 22.5. The molecule has 0 fully saturated rings. The zero-order valence-corrected chi connectivity index (χ0v) is 36.4. The van der Waals surface area contributed by atoms with Gasteiger partial charge in [0.15, 0.2) is 40.5 Å². The van der Waals surface area contributed by atoms with Crippen molar-refractivity contribution < 1.29 is 9.47 Å². The molecule has 5 nitrogen and oxygen atoms in total. The molecule has 3 aliphatic rings. The topological polar surface area (TPSA) is 57.1 Å². The summed E-state index contributed by atoms with van der Waals surface area (Å²) in [5.41, 5.74) is 16.2. The molecular formula is C61H41N3O2. The Bertz CT molecular complexity index is 3530. The molecule has 9 aromatic carbocycles. The lowest BCUT2D eigenvalue weighted by atomic mass is 9.68. The van der Waals surface area contributed by atoms with Gasteiger partial charge in [0.25, 0.3) is 0 Å². The lowest BCUT2D eigenvalue weighted by Crippen LogP contribution is -2.28. The molecule has 0 saturated carbocycles. The van der Waals surface area contributed by atoms with Gasteiger partial charge >= 0.3 is 0 Å². The molecule has 5 heteroatoms. The van der Waals surface area contributed by atoms with Gasteiger partial charge in [-0.25, -0.2) is 15.0 Å². The number of rotatable bonds is 6. The molecule has 2 aliphatic carbocycles. The Labute approximate surface area is 383 Å². The molecule has 0 atom stereocenters. The number of aromatic nitrogens is 3. The number of nitrogens with zero attached hydrogens (tertiary/aromatic N) is 3. The highest BCUT2D eigenvalue weighted by Gasteiger charge is 2.48. The van der Waals surface area contributed by atoms with E-state index >= 15 is 0 Å². The van der Waals surface area contributed by atoms with E-state index in [4.69, 9.17) is 24.4 Å². The molecule has 0 spiro atoms. The van der Waals surface area contributed by atoms with E-state index in [1.54, 1.807) is 0 Å². The van der Waals surface area contributed by atoms with Gasteiger partial charge < -0.3 is 9.47 Å². The molecule has 13 rings (SSSR count). The van der Waals surface area contributed by atoms with Gasteiger partial charge in [0.05, 0.1) is 5.41 Å². The van der Waals surface area contributed by atoms with Gasteiger partial charge in [-0.1, -0.05) is 196 Å². The highest BCUT2D eigenvalue weighted by Crippen LogP contribution is 2.62. The SMILES string of the molecule is CC1(C)c2ccccc2-c2ccc(-c3nc(-c4ccccc4)nc(-c4cccc(-c5ccc6c(c5)Oc5ccc7c(c5O6)-c5ccccc5C7(c5ccccc5)c5ccccc5)c4)n3)cc21. The standard InChI is InChI=1S/C61H41N3O2/c1-60(2)48-27-14-12-25-45(48)46-31-29-42(36-51(46)60)59-63-57(38-17-6-3-7-18-38)62-58(64-59)41-20-16-19-39(35-41)40-30-33-52-54(37-40)65-53-34-32-50-55(56(53)66-52)47-26-13-15-28-49(47)61(50,43-21-8-4-9-22-43)44-23-10-5-11-24-44/h3-37H,1-2H3. The van der Waals surface area contributed by atoms with Crippen LogP contribution < -0.4 is 9.47 Å². The molecule has 10 aromatic rings. The summed E-state index contributed by atoms with van der Waals surface area (Å²) in [6.45, 7) is 4.59. The quantitative estimate of drug-likeness (QED) is 0.167. The minimum atomic E-state index is -0.534. The molecule has 1 aliphatic heterocycles. The highest BCUT2D eigenvalue weighted by molar-refractivity contribution is 5.92. The van der Waals surface area contributed by atoms with Crippen molar-refractivity contribution in [1.82, 2.24) is 15.0 Å². The van der Waals surface area contributed by atoms with Crippen LogP contribution in [0.1, 0.15) is 47.2 Å².